The molecule has 0 saturated carbocycles. The molecule has 2 rings (SSSR count). The number of fused-ring (bicyclic) bond motifs is 1. The van der Waals surface area contributed by atoms with Crippen molar-refractivity contribution >= 4 is 22.6 Å². The Morgan fingerprint density at radius 1 is 1.42 bits per heavy atom. The third-order valence-corrected chi connectivity index (χ3v) is 3.45. The number of rotatable bonds is 5. The molecule has 1 N–H and O–H groups in total. The third-order valence-electron chi connectivity index (χ3n) is 3.45. The number of amides is 1. The number of carbonyl (C=O) groups excluding carboxylic acids is 1. The maximum Gasteiger partial charge on any atom is 0.231 e. The van der Waals surface area contributed by atoms with E-state index in [2.05, 4.69) is 5.32 Å². The summed E-state index contributed by atoms with van der Waals surface area (Å²) in [6, 6.07) is 7.75. The first-order valence-electron chi connectivity index (χ1n) is 6.57. The first-order chi connectivity index (χ1) is 9.19. The van der Waals surface area contributed by atoms with Gasteiger partial charge in [-0.25, -0.2) is 0 Å². The van der Waals surface area contributed by atoms with Gasteiger partial charge in [-0.3, -0.25) is 4.79 Å². The predicted octanol–water partition coefficient (Wildman–Crippen LogP) is 2.64. The summed E-state index contributed by atoms with van der Waals surface area (Å²) in [6.07, 6.45) is 2.47. The monoisotopic (exact) mass is 260 g/mol. The van der Waals surface area contributed by atoms with Gasteiger partial charge in [0.25, 0.3) is 0 Å². The number of carbonyl (C=O) groups is 1. The Hall–Kier alpha value is -1.81. The van der Waals surface area contributed by atoms with E-state index in [1.165, 1.54) is 0 Å². The van der Waals surface area contributed by atoms with Crippen molar-refractivity contribution in [2.24, 2.45) is 5.92 Å². The van der Waals surface area contributed by atoms with E-state index in [0.29, 0.717) is 6.54 Å². The zero-order valence-corrected chi connectivity index (χ0v) is 11.6. The van der Waals surface area contributed by atoms with E-state index >= 15 is 0 Å². The minimum Gasteiger partial charge on any atom is -0.462 e. The molecule has 102 valence electrons. The molecule has 0 spiro atoms. The van der Waals surface area contributed by atoms with Gasteiger partial charge in [-0.15, -0.1) is 0 Å². The van der Waals surface area contributed by atoms with E-state index in [0.717, 1.165) is 23.1 Å². The largest absolute Gasteiger partial charge is 0.462 e. The van der Waals surface area contributed by atoms with Crippen LogP contribution in [0.3, 0.4) is 0 Å². The maximum atomic E-state index is 12.5. The minimum atomic E-state index is -0.0105. The van der Waals surface area contributed by atoms with E-state index in [1.54, 1.807) is 18.2 Å². The molecule has 2 aromatic rings. The van der Waals surface area contributed by atoms with Crippen molar-refractivity contribution in [1.82, 2.24) is 5.32 Å². The summed E-state index contributed by atoms with van der Waals surface area (Å²) in [6.45, 7) is 2.72. The average molecular weight is 260 g/mol. The Morgan fingerprint density at radius 3 is 2.84 bits per heavy atom. The summed E-state index contributed by atoms with van der Waals surface area (Å²) in [5.41, 5.74) is 1.63. The first-order valence-corrected chi connectivity index (χ1v) is 6.57. The number of hydrogen-bond acceptors (Lipinski definition) is 3. The SMILES string of the molecule is CCC(CNC)C(=O)N(C)c1coc2ccccc12. The molecule has 1 unspecified atom stereocenters. The van der Waals surface area contributed by atoms with Crippen molar-refractivity contribution in [2.75, 3.05) is 25.5 Å². The lowest BCUT2D eigenvalue weighted by Gasteiger charge is -2.22. The van der Waals surface area contributed by atoms with Crippen LogP contribution in [0.1, 0.15) is 13.3 Å². The van der Waals surface area contributed by atoms with Crippen LogP contribution in [0.2, 0.25) is 0 Å². The fourth-order valence-electron chi connectivity index (χ4n) is 2.27. The van der Waals surface area contributed by atoms with Crippen LogP contribution in [-0.2, 0) is 4.79 Å². The van der Waals surface area contributed by atoms with Crippen LogP contribution in [0.15, 0.2) is 34.9 Å². The Morgan fingerprint density at radius 2 is 2.16 bits per heavy atom. The molecular formula is C15H20N2O2. The highest BCUT2D eigenvalue weighted by molar-refractivity contribution is 6.02. The zero-order valence-electron chi connectivity index (χ0n) is 11.6. The summed E-state index contributed by atoms with van der Waals surface area (Å²) in [4.78, 5) is 14.1. The fourth-order valence-corrected chi connectivity index (χ4v) is 2.27. The topological polar surface area (TPSA) is 45.5 Å². The quantitative estimate of drug-likeness (QED) is 0.899. The van der Waals surface area contributed by atoms with Gasteiger partial charge in [-0.1, -0.05) is 19.1 Å². The lowest BCUT2D eigenvalue weighted by atomic mass is 10.0. The van der Waals surface area contributed by atoms with Gasteiger partial charge in [0.05, 0.1) is 11.6 Å². The van der Waals surface area contributed by atoms with E-state index in [4.69, 9.17) is 4.42 Å². The first kappa shape index (κ1) is 13.6. The molecule has 0 aliphatic heterocycles. The van der Waals surface area contributed by atoms with Crippen molar-refractivity contribution in [1.29, 1.82) is 0 Å². The number of nitrogens with zero attached hydrogens (tertiary/aromatic N) is 1. The number of furan rings is 1. The molecule has 1 aromatic heterocycles. The Balaban J connectivity index is 2.28. The second-order valence-corrected chi connectivity index (χ2v) is 4.68. The van der Waals surface area contributed by atoms with E-state index in [-0.39, 0.29) is 11.8 Å². The van der Waals surface area contributed by atoms with Crippen LogP contribution in [0.25, 0.3) is 11.0 Å². The van der Waals surface area contributed by atoms with Gasteiger partial charge in [-0.05, 0) is 25.6 Å². The third kappa shape index (κ3) is 2.63. The summed E-state index contributed by atoms with van der Waals surface area (Å²) >= 11 is 0. The van der Waals surface area contributed by atoms with Gasteiger partial charge in [0.1, 0.15) is 11.8 Å². The Bertz CT molecular complexity index is 562. The summed E-state index contributed by atoms with van der Waals surface area (Å²) in [5, 5.41) is 4.04. The van der Waals surface area contributed by atoms with Crippen LogP contribution in [-0.4, -0.2) is 26.5 Å². The van der Waals surface area contributed by atoms with Gasteiger partial charge in [0, 0.05) is 19.0 Å². The second-order valence-electron chi connectivity index (χ2n) is 4.68. The predicted molar refractivity (Wildman–Crippen MR) is 77.3 cm³/mol. The van der Waals surface area contributed by atoms with Crippen LogP contribution in [0.4, 0.5) is 5.69 Å². The van der Waals surface area contributed by atoms with E-state index in [1.807, 2.05) is 38.2 Å². The van der Waals surface area contributed by atoms with Crippen molar-refractivity contribution < 1.29 is 9.21 Å². The number of nitrogens with one attached hydrogen (secondary N) is 1. The van der Waals surface area contributed by atoms with Gasteiger partial charge in [0.2, 0.25) is 5.91 Å². The zero-order chi connectivity index (χ0) is 13.8. The van der Waals surface area contributed by atoms with Crippen molar-refractivity contribution in [3.8, 4) is 0 Å². The molecule has 4 nitrogen and oxygen atoms in total. The summed E-state index contributed by atoms with van der Waals surface area (Å²) in [5.74, 6) is 0.104. The lowest BCUT2D eigenvalue weighted by Crippen LogP contribution is -2.37. The van der Waals surface area contributed by atoms with Gasteiger partial charge < -0.3 is 14.6 Å². The van der Waals surface area contributed by atoms with Crippen molar-refractivity contribution in [2.45, 2.75) is 13.3 Å². The molecule has 1 aromatic carbocycles. The van der Waals surface area contributed by atoms with Gasteiger partial charge in [-0.2, -0.15) is 0 Å². The number of benzene rings is 1. The standard InChI is InChI=1S/C15H20N2O2/c1-4-11(9-16-2)15(18)17(3)13-10-19-14-8-6-5-7-12(13)14/h5-8,10-11,16H,4,9H2,1-3H3. The normalized spacial score (nSPS) is 12.6. The van der Waals surface area contributed by atoms with Crippen molar-refractivity contribution in [3.05, 3.63) is 30.5 Å². The molecule has 1 heterocycles. The molecule has 19 heavy (non-hydrogen) atoms. The number of hydrogen-bond donors (Lipinski definition) is 1. The van der Waals surface area contributed by atoms with Crippen LogP contribution >= 0.6 is 0 Å². The highest BCUT2D eigenvalue weighted by atomic mass is 16.3. The second kappa shape index (κ2) is 5.89. The minimum absolute atomic E-state index is 0.0105. The van der Waals surface area contributed by atoms with Crippen molar-refractivity contribution in [3.63, 3.8) is 0 Å². The molecule has 0 fully saturated rings. The average Bonchev–Trinajstić information content (AvgIpc) is 2.87. The molecule has 0 bridgehead atoms. The molecule has 1 atom stereocenters. The lowest BCUT2D eigenvalue weighted by molar-refractivity contribution is -0.122. The van der Waals surface area contributed by atoms with Gasteiger partial charge in [0.15, 0.2) is 0 Å². The highest BCUT2D eigenvalue weighted by Gasteiger charge is 2.22. The fraction of sp³-hybridized carbons (Fsp3) is 0.400. The number of para-hydroxylation sites is 1. The molecule has 0 radical (unpaired) electrons. The maximum absolute atomic E-state index is 12.5. The Labute approximate surface area is 113 Å². The highest BCUT2D eigenvalue weighted by Crippen LogP contribution is 2.29. The number of anilines is 1. The van der Waals surface area contributed by atoms with Gasteiger partial charge >= 0.3 is 0 Å². The van der Waals surface area contributed by atoms with Crippen LogP contribution in [0.5, 0.6) is 0 Å². The molecule has 0 aliphatic rings. The summed E-state index contributed by atoms with van der Waals surface area (Å²) < 4.78 is 5.48. The Kier molecular flexibility index (Phi) is 4.22. The molecule has 0 aliphatic carbocycles. The molecule has 1 amide bonds. The smallest absolute Gasteiger partial charge is 0.231 e. The molecule has 4 heteroatoms. The molecule has 0 saturated heterocycles. The molecular weight excluding hydrogens is 240 g/mol. The van der Waals surface area contributed by atoms with Crippen LogP contribution in [0, 0.1) is 5.92 Å². The van der Waals surface area contributed by atoms with Crippen LogP contribution < -0.4 is 10.2 Å². The van der Waals surface area contributed by atoms with E-state index < -0.39 is 0 Å². The van der Waals surface area contributed by atoms with E-state index in [9.17, 15) is 4.79 Å². The summed E-state index contributed by atoms with van der Waals surface area (Å²) in [7, 11) is 3.67.